The van der Waals surface area contributed by atoms with E-state index >= 15 is 0 Å². The standard InChI is InChI=1S/C21H22N4O3S.ClH/c1-13(26)24(11-12-28-14(2)27)9-10-25-17-8-7-16(22)21-19(17)20(23-25)15-5-3-4-6-18(15)29-21;/h3-8H,9-12,22H2,1-2H3;1H. The van der Waals surface area contributed by atoms with Crippen molar-refractivity contribution in [3.05, 3.63) is 36.4 Å². The maximum absolute atomic E-state index is 12.0. The monoisotopic (exact) mass is 446 g/mol. The van der Waals surface area contributed by atoms with Crippen molar-refractivity contribution in [1.29, 1.82) is 0 Å². The van der Waals surface area contributed by atoms with Gasteiger partial charge in [-0.15, -0.1) is 12.4 Å². The predicted molar refractivity (Wildman–Crippen MR) is 120 cm³/mol. The molecular weight excluding hydrogens is 424 g/mol. The van der Waals surface area contributed by atoms with Crippen LogP contribution < -0.4 is 5.73 Å². The van der Waals surface area contributed by atoms with Gasteiger partial charge in [0, 0.05) is 46.8 Å². The molecule has 0 spiro atoms. The largest absolute Gasteiger partial charge is 0.464 e. The van der Waals surface area contributed by atoms with Gasteiger partial charge in [-0.2, -0.15) is 5.10 Å². The lowest BCUT2D eigenvalue weighted by Gasteiger charge is -2.21. The first-order chi connectivity index (χ1) is 14.0. The van der Waals surface area contributed by atoms with E-state index in [0.29, 0.717) is 19.6 Å². The van der Waals surface area contributed by atoms with Crippen molar-refractivity contribution in [3.63, 3.8) is 0 Å². The molecule has 158 valence electrons. The van der Waals surface area contributed by atoms with Gasteiger partial charge in [-0.1, -0.05) is 30.0 Å². The number of hydrogen-bond donors (Lipinski definition) is 1. The second-order valence-electron chi connectivity index (χ2n) is 6.89. The molecule has 0 bridgehead atoms. The van der Waals surface area contributed by atoms with Crippen LogP contribution in [0.2, 0.25) is 0 Å². The number of ether oxygens (including phenoxy) is 1. The molecule has 2 aromatic carbocycles. The summed E-state index contributed by atoms with van der Waals surface area (Å²) in [4.78, 5) is 26.8. The van der Waals surface area contributed by atoms with Crippen molar-refractivity contribution >= 4 is 52.6 Å². The summed E-state index contributed by atoms with van der Waals surface area (Å²) in [7, 11) is 0. The van der Waals surface area contributed by atoms with Crippen LogP contribution in [0.15, 0.2) is 46.2 Å². The minimum absolute atomic E-state index is 0. The molecule has 4 rings (SSSR count). The number of rotatable bonds is 6. The summed E-state index contributed by atoms with van der Waals surface area (Å²) in [5, 5.41) is 5.92. The van der Waals surface area contributed by atoms with Crippen LogP contribution in [-0.4, -0.2) is 46.3 Å². The smallest absolute Gasteiger partial charge is 0.302 e. The van der Waals surface area contributed by atoms with Crippen molar-refractivity contribution in [2.24, 2.45) is 0 Å². The van der Waals surface area contributed by atoms with Gasteiger partial charge < -0.3 is 15.4 Å². The molecule has 7 nitrogen and oxygen atoms in total. The Balaban J connectivity index is 0.00000256. The van der Waals surface area contributed by atoms with Crippen LogP contribution in [0.25, 0.3) is 22.2 Å². The average molecular weight is 447 g/mol. The highest BCUT2D eigenvalue weighted by atomic mass is 35.5. The minimum Gasteiger partial charge on any atom is -0.464 e. The number of nitrogens with two attached hydrogens (primary N) is 1. The van der Waals surface area contributed by atoms with Crippen LogP contribution in [0, 0.1) is 0 Å². The zero-order valence-corrected chi connectivity index (χ0v) is 18.4. The van der Waals surface area contributed by atoms with Crippen LogP contribution in [0.1, 0.15) is 13.8 Å². The number of aromatic nitrogens is 2. The van der Waals surface area contributed by atoms with Crippen LogP contribution in [0.5, 0.6) is 0 Å². The quantitative estimate of drug-likeness (QED) is 0.359. The molecule has 1 amide bonds. The first-order valence-corrected chi connectivity index (χ1v) is 10.2. The highest BCUT2D eigenvalue weighted by Gasteiger charge is 2.25. The van der Waals surface area contributed by atoms with Crippen LogP contribution >= 0.6 is 24.2 Å². The second-order valence-corrected chi connectivity index (χ2v) is 7.95. The van der Waals surface area contributed by atoms with E-state index in [1.165, 1.54) is 13.8 Å². The van der Waals surface area contributed by atoms with E-state index in [4.69, 9.17) is 15.6 Å². The predicted octanol–water partition coefficient (Wildman–Crippen LogP) is 3.58. The third-order valence-corrected chi connectivity index (χ3v) is 6.17. The van der Waals surface area contributed by atoms with Crippen molar-refractivity contribution in [2.75, 3.05) is 25.4 Å². The number of carbonyl (C=O) groups excluding carboxylic acids is 2. The average Bonchev–Trinajstić information content (AvgIpc) is 3.06. The van der Waals surface area contributed by atoms with Crippen molar-refractivity contribution in [1.82, 2.24) is 14.7 Å². The maximum atomic E-state index is 12.0. The van der Waals surface area contributed by atoms with Crippen LogP contribution in [-0.2, 0) is 20.9 Å². The Morgan fingerprint density at radius 3 is 2.67 bits per heavy atom. The molecule has 1 aliphatic rings. The maximum Gasteiger partial charge on any atom is 0.302 e. The number of anilines is 1. The molecule has 0 radical (unpaired) electrons. The molecular formula is C21H23ClN4O3S. The molecule has 0 saturated heterocycles. The molecule has 9 heteroatoms. The van der Waals surface area contributed by atoms with Gasteiger partial charge in [0.15, 0.2) is 0 Å². The van der Waals surface area contributed by atoms with E-state index < -0.39 is 0 Å². The molecule has 0 saturated carbocycles. The van der Waals surface area contributed by atoms with Gasteiger partial charge in [0.25, 0.3) is 0 Å². The summed E-state index contributed by atoms with van der Waals surface area (Å²) < 4.78 is 6.90. The van der Waals surface area contributed by atoms with Gasteiger partial charge >= 0.3 is 5.97 Å². The fraction of sp³-hybridized carbons (Fsp3) is 0.286. The first kappa shape index (κ1) is 22.0. The van der Waals surface area contributed by atoms with E-state index in [1.807, 2.05) is 28.9 Å². The number of esters is 1. The van der Waals surface area contributed by atoms with Crippen molar-refractivity contribution in [3.8, 4) is 11.3 Å². The van der Waals surface area contributed by atoms with Crippen LogP contribution in [0.3, 0.4) is 0 Å². The van der Waals surface area contributed by atoms with E-state index in [9.17, 15) is 9.59 Å². The molecule has 2 N–H and O–H groups in total. The Kier molecular flexibility index (Phi) is 6.58. The Morgan fingerprint density at radius 1 is 1.17 bits per heavy atom. The summed E-state index contributed by atoms with van der Waals surface area (Å²) in [6.45, 7) is 4.42. The minimum atomic E-state index is -0.351. The Hall–Kier alpha value is -2.71. The zero-order valence-electron chi connectivity index (χ0n) is 16.8. The summed E-state index contributed by atoms with van der Waals surface area (Å²) in [5.41, 5.74) is 10.0. The van der Waals surface area contributed by atoms with Crippen molar-refractivity contribution in [2.45, 2.75) is 30.2 Å². The summed E-state index contributed by atoms with van der Waals surface area (Å²) >= 11 is 1.67. The van der Waals surface area contributed by atoms with E-state index in [0.717, 1.165) is 37.6 Å². The van der Waals surface area contributed by atoms with Crippen molar-refractivity contribution < 1.29 is 14.3 Å². The SMILES string of the molecule is CC(=O)OCCN(CCn1nc2c3c(c(N)ccc31)Sc1ccccc1-2)C(C)=O.Cl. The molecule has 1 aromatic heterocycles. The fourth-order valence-corrected chi connectivity index (χ4v) is 4.66. The van der Waals surface area contributed by atoms with Crippen LogP contribution in [0.4, 0.5) is 5.69 Å². The second kappa shape index (κ2) is 8.97. The molecule has 0 atom stereocenters. The lowest BCUT2D eigenvalue weighted by atomic mass is 10.1. The fourth-order valence-electron chi connectivity index (χ4n) is 3.53. The Morgan fingerprint density at radius 2 is 1.93 bits per heavy atom. The number of benzene rings is 2. The molecule has 3 aromatic rings. The van der Waals surface area contributed by atoms with Gasteiger partial charge in [-0.3, -0.25) is 14.3 Å². The number of nitrogens with zero attached hydrogens (tertiary/aromatic N) is 3. The summed E-state index contributed by atoms with van der Waals surface area (Å²) in [5.74, 6) is -0.417. The molecule has 0 unspecified atom stereocenters. The number of halogens is 1. The number of amides is 1. The first-order valence-electron chi connectivity index (χ1n) is 9.41. The van der Waals surface area contributed by atoms with Gasteiger partial charge in [0.05, 0.1) is 18.6 Å². The molecule has 1 aliphatic heterocycles. The van der Waals surface area contributed by atoms with E-state index in [-0.39, 0.29) is 30.9 Å². The highest BCUT2D eigenvalue weighted by Crippen LogP contribution is 2.49. The normalized spacial score (nSPS) is 11.5. The lowest BCUT2D eigenvalue weighted by molar-refractivity contribution is -0.143. The molecule has 30 heavy (non-hydrogen) atoms. The Labute approximate surface area is 185 Å². The highest BCUT2D eigenvalue weighted by molar-refractivity contribution is 8.00. The molecule has 0 fully saturated rings. The number of nitrogen functional groups attached to an aromatic ring is 1. The zero-order chi connectivity index (χ0) is 20.5. The topological polar surface area (TPSA) is 90.4 Å². The van der Waals surface area contributed by atoms with Gasteiger partial charge in [-0.05, 0) is 18.2 Å². The number of fused-ring (bicyclic) bond motifs is 2. The number of carbonyl (C=O) groups is 2. The van der Waals surface area contributed by atoms with E-state index in [2.05, 4.69) is 12.1 Å². The van der Waals surface area contributed by atoms with Gasteiger partial charge in [0.1, 0.15) is 12.3 Å². The van der Waals surface area contributed by atoms with Gasteiger partial charge in [-0.25, -0.2) is 0 Å². The van der Waals surface area contributed by atoms with E-state index in [1.54, 1.807) is 16.7 Å². The lowest BCUT2D eigenvalue weighted by Crippen LogP contribution is -2.35. The summed E-state index contributed by atoms with van der Waals surface area (Å²) in [6, 6.07) is 12.1. The third-order valence-electron chi connectivity index (χ3n) is 4.95. The molecule has 2 heterocycles. The molecule has 0 aliphatic carbocycles. The number of hydrogen-bond acceptors (Lipinski definition) is 6. The third kappa shape index (κ3) is 4.11. The summed E-state index contributed by atoms with van der Waals surface area (Å²) in [6.07, 6.45) is 0. The Bertz CT molecular complexity index is 1120. The van der Waals surface area contributed by atoms with Gasteiger partial charge in [0.2, 0.25) is 5.91 Å².